The Labute approximate surface area is 120 Å². The van der Waals surface area contributed by atoms with Gasteiger partial charge in [0, 0.05) is 39.6 Å². The zero-order valence-corrected chi connectivity index (χ0v) is 13.3. The van der Waals surface area contributed by atoms with E-state index in [0.29, 0.717) is 0 Å². The zero-order valence-electron chi connectivity index (χ0n) is 10.9. The van der Waals surface area contributed by atoms with Gasteiger partial charge in [-0.1, -0.05) is 0 Å². The van der Waals surface area contributed by atoms with Crippen LogP contribution in [-0.2, 0) is 18.6 Å². The monoisotopic (exact) mass is 327 g/mol. The van der Waals surface area contributed by atoms with Gasteiger partial charge >= 0.3 is 0 Å². The molecule has 0 aromatic carbocycles. The number of hydrogen-bond acceptors (Lipinski definition) is 3. The van der Waals surface area contributed by atoms with Gasteiger partial charge in [0.05, 0.1) is 11.7 Å². The molecule has 0 saturated carbocycles. The number of halogens is 1. The van der Waals surface area contributed by atoms with Crippen molar-refractivity contribution in [3.8, 4) is 0 Å². The smallest absolute Gasteiger partial charge is 0.0543 e. The molecule has 2 heterocycles. The summed E-state index contributed by atoms with van der Waals surface area (Å²) in [5, 5.41) is 9.93. The maximum Gasteiger partial charge on any atom is 0.0543 e. The van der Waals surface area contributed by atoms with E-state index in [4.69, 9.17) is 0 Å². The largest absolute Gasteiger partial charge is 0.308 e. The average Bonchev–Trinajstić information content (AvgIpc) is 2.87. The zero-order chi connectivity index (χ0) is 13.2. The normalized spacial score (nSPS) is 12.0. The highest BCUT2D eigenvalue weighted by atomic mass is 79.9. The molecule has 0 radical (unpaired) electrons. The fraction of sp³-hybridized carbons (Fsp3) is 0.462. The number of hydrogen-bond donors (Lipinski definition) is 1. The highest BCUT2D eigenvalue weighted by Crippen LogP contribution is 2.19. The SMILES string of the molecule is CC(C)(C)n1cc(CNCc2cc(Br)cs2)cn1. The van der Waals surface area contributed by atoms with E-state index in [2.05, 4.69) is 64.8 Å². The summed E-state index contributed by atoms with van der Waals surface area (Å²) in [5.74, 6) is 0. The number of aromatic nitrogens is 2. The van der Waals surface area contributed by atoms with Crippen LogP contribution in [0.4, 0.5) is 0 Å². The second-order valence-electron chi connectivity index (χ2n) is 5.30. The van der Waals surface area contributed by atoms with Gasteiger partial charge in [-0.15, -0.1) is 11.3 Å². The van der Waals surface area contributed by atoms with Gasteiger partial charge in [-0.2, -0.15) is 5.10 Å². The first-order valence-corrected chi connectivity index (χ1v) is 7.60. The van der Waals surface area contributed by atoms with Gasteiger partial charge < -0.3 is 5.32 Å². The van der Waals surface area contributed by atoms with E-state index >= 15 is 0 Å². The molecular formula is C13H18BrN3S. The quantitative estimate of drug-likeness (QED) is 0.926. The van der Waals surface area contributed by atoms with Gasteiger partial charge in [-0.05, 0) is 42.8 Å². The van der Waals surface area contributed by atoms with Crippen molar-refractivity contribution < 1.29 is 0 Å². The number of thiophene rings is 1. The van der Waals surface area contributed by atoms with E-state index in [-0.39, 0.29) is 5.54 Å². The molecule has 0 aliphatic rings. The van der Waals surface area contributed by atoms with Gasteiger partial charge in [-0.3, -0.25) is 4.68 Å². The summed E-state index contributed by atoms with van der Waals surface area (Å²) in [6, 6.07) is 2.15. The molecular weight excluding hydrogens is 310 g/mol. The van der Waals surface area contributed by atoms with Crippen molar-refractivity contribution in [1.29, 1.82) is 0 Å². The second kappa shape index (κ2) is 5.55. The van der Waals surface area contributed by atoms with Gasteiger partial charge in [-0.25, -0.2) is 0 Å². The molecule has 0 bridgehead atoms. The molecule has 0 atom stereocenters. The van der Waals surface area contributed by atoms with Crippen LogP contribution in [0.1, 0.15) is 31.2 Å². The molecule has 2 aromatic rings. The molecule has 0 aliphatic carbocycles. The predicted octanol–water partition coefficient (Wildman–Crippen LogP) is 3.75. The van der Waals surface area contributed by atoms with Crippen LogP contribution in [0.5, 0.6) is 0 Å². The van der Waals surface area contributed by atoms with Crippen LogP contribution >= 0.6 is 27.3 Å². The molecule has 5 heteroatoms. The maximum atomic E-state index is 4.39. The third kappa shape index (κ3) is 3.67. The van der Waals surface area contributed by atoms with Gasteiger partial charge in [0.2, 0.25) is 0 Å². The van der Waals surface area contributed by atoms with Crippen LogP contribution in [-0.4, -0.2) is 9.78 Å². The number of nitrogens with one attached hydrogen (secondary N) is 1. The summed E-state index contributed by atoms with van der Waals surface area (Å²) in [4.78, 5) is 1.34. The fourth-order valence-electron chi connectivity index (χ4n) is 1.59. The second-order valence-corrected chi connectivity index (χ2v) is 7.21. The molecule has 0 spiro atoms. The summed E-state index contributed by atoms with van der Waals surface area (Å²) in [5.41, 5.74) is 1.28. The third-order valence-electron chi connectivity index (χ3n) is 2.57. The Hall–Kier alpha value is -0.650. The van der Waals surface area contributed by atoms with Crippen molar-refractivity contribution in [1.82, 2.24) is 15.1 Å². The van der Waals surface area contributed by atoms with Gasteiger partial charge in [0.1, 0.15) is 0 Å². The summed E-state index contributed by atoms with van der Waals surface area (Å²) < 4.78 is 3.16. The van der Waals surface area contributed by atoms with Crippen molar-refractivity contribution in [3.05, 3.63) is 38.8 Å². The minimum atomic E-state index is 0.0524. The first-order chi connectivity index (χ1) is 8.45. The standard InChI is InChI=1S/C13H18BrN3S/c1-13(2,3)17-8-10(6-16-17)5-15-7-12-4-11(14)9-18-12/h4,6,8-9,15H,5,7H2,1-3H3. The molecule has 2 aromatic heterocycles. The summed E-state index contributed by atoms with van der Waals surface area (Å²) in [6.45, 7) is 8.21. The molecule has 98 valence electrons. The van der Waals surface area contributed by atoms with Crippen molar-refractivity contribution in [2.45, 2.75) is 39.4 Å². The molecule has 3 nitrogen and oxygen atoms in total. The van der Waals surface area contributed by atoms with Crippen LogP contribution in [0.3, 0.4) is 0 Å². The first kappa shape index (κ1) is 13.8. The molecule has 0 amide bonds. The molecule has 0 unspecified atom stereocenters. The van der Waals surface area contributed by atoms with E-state index in [1.165, 1.54) is 10.4 Å². The van der Waals surface area contributed by atoms with Crippen LogP contribution < -0.4 is 5.32 Å². The topological polar surface area (TPSA) is 29.9 Å². The molecule has 2 rings (SSSR count). The lowest BCUT2D eigenvalue weighted by Gasteiger charge is -2.18. The Balaban J connectivity index is 1.85. The van der Waals surface area contributed by atoms with Gasteiger partial charge in [0.25, 0.3) is 0 Å². The predicted molar refractivity (Wildman–Crippen MR) is 79.8 cm³/mol. The lowest BCUT2D eigenvalue weighted by molar-refractivity contribution is 0.355. The van der Waals surface area contributed by atoms with Crippen molar-refractivity contribution >= 4 is 27.3 Å². The number of rotatable bonds is 4. The number of nitrogens with zero attached hydrogens (tertiary/aromatic N) is 2. The van der Waals surface area contributed by atoms with Gasteiger partial charge in [0.15, 0.2) is 0 Å². The maximum absolute atomic E-state index is 4.39. The summed E-state index contributed by atoms with van der Waals surface area (Å²) in [6.07, 6.45) is 4.04. The van der Waals surface area contributed by atoms with Crippen LogP contribution in [0.2, 0.25) is 0 Å². The van der Waals surface area contributed by atoms with Crippen LogP contribution in [0.25, 0.3) is 0 Å². The van der Waals surface area contributed by atoms with E-state index in [1.807, 2.05) is 10.9 Å². The molecule has 0 fully saturated rings. The average molecular weight is 328 g/mol. The van der Waals surface area contributed by atoms with E-state index < -0.39 is 0 Å². The van der Waals surface area contributed by atoms with E-state index in [1.54, 1.807) is 11.3 Å². The Kier molecular flexibility index (Phi) is 4.25. The van der Waals surface area contributed by atoms with E-state index in [0.717, 1.165) is 17.6 Å². The highest BCUT2D eigenvalue weighted by molar-refractivity contribution is 9.10. The molecule has 18 heavy (non-hydrogen) atoms. The Morgan fingerprint density at radius 1 is 1.39 bits per heavy atom. The van der Waals surface area contributed by atoms with Crippen LogP contribution in [0, 0.1) is 0 Å². The lowest BCUT2D eigenvalue weighted by atomic mass is 10.1. The van der Waals surface area contributed by atoms with Crippen molar-refractivity contribution in [2.24, 2.45) is 0 Å². The molecule has 0 saturated heterocycles. The van der Waals surface area contributed by atoms with Crippen LogP contribution in [0.15, 0.2) is 28.3 Å². The fourth-order valence-corrected chi connectivity index (χ4v) is 3.02. The highest BCUT2D eigenvalue weighted by Gasteiger charge is 2.13. The minimum Gasteiger partial charge on any atom is -0.308 e. The Morgan fingerprint density at radius 3 is 2.72 bits per heavy atom. The van der Waals surface area contributed by atoms with Crippen molar-refractivity contribution in [3.63, 3.8) is 0 Å². The third-order valence-corrected chi connectivity index (χ3v) is 4.27. The summed E-state index contributed by atoms with van der Waals surface area (Å²) >= 11 is 5.23. The lowest BCUT2D eigenvalue weighted by Crippen LogP contribution is -2.22. The van der Waals surface area contributed by atoms with Crippen molar-refractivity contribution in [2.75, 3.05) is 0 Å². The Morgan fingerprint density at radius 2 is 2.17 bits per heavy atom. The first-order valence-electron chi connectivity index (χ1n) is 5.93. The van der Waals surface area contributed by atoms with E-state index in [9.17, 15) is 0 Å². The minimum absolute atomic E-state index is 0.0524. The Bertz CT molecular complexity index is 510. The molecule has 0 aliphatic heterocycles. The summed E-state index contributed by atoms with van der Waals surface area (Å²) in [7, 11) is 0. The molecule has 1 N–H and O–H groups in total.